The van der Waals surface area contributed by atoms with E-state index in [-0.39, 0.29) is 30.4 Å². The fraction of sp³-hybridized carbons (Fsp3) is 0.538. The van der Waals surface area contributed by atoms with Crippen LogP contribution in [0.15, 0.2) is 35.7 Å². The number of benzene rings is 1. The fourth-order valence-electron chi connectivity index (χ4n) is 4.41. The first kappa shape index (κ1) is 24.8. The second-order valence-electron chi connectivity index (χ2n) is 8.87. The lowest BCUT2D eigenvalue weighted by Crippen LogP contribution is -2.48. The minimum absolute atomic E-state index is 0.00225. The van der Waals surface area contributed by atoms with E-state index >= 15 is 0 Å². The van der Waals surface area contributed by atoms with E-state index in [4.69, 9.17) is 11.6 Å². The predicted octanol–water partition coefficient (Wildman–Crippen LogP) is 6.47. The normalized spacial score (nSPS) is 15.7. The Kier molecular flexibility index (Phi) is 9.18. The molecule has 0 saturated heterocycles. The van der Waals surface area contributed by atoms with E-state index in [1.54, 1.807) is 16.2 Å². The Hall–Kier alpha value is -1.85. The lowest BCUT2D eigenvalue weighted by Gasteiger charge is -2.38. The average molecular weight is 475 g/mol. The Balaban J connectivity index is 1.73. The van der Waals surface area contributed by atoms with Gasteiger partial charge in [-0.2, -0.15) is 0 Å². The van der Waals surface area contributed by atoms with Crippen LogP contribution in [0.2, 0.25) is 5.02 Å². The number of rotatable bonds is 10. The molecule has 174 valence electrons. The lowest BCUT2D eigenvalue weighted by molar-refractivity contribution is -0.143. The van der Waals surface area contributed by atoms with Crippen LogP contribution in [-0.4, -0.2) is 40.7 Å². The Morgan fingerprint density at radius 2 is 1.84 bits per heavy atom. The number of thiophene rings is 1. The fourth-order valence-corrected chi connectivity index (χ4v) is 5.44. The summed E-state index contributed by atoms with van der Waals surface area (Å²) in [6, 6.07) is 9.75. The summed E-state index contributed by atoms with van der Waals surface area (Å²) >= 11 is 7.86. The smallest absolute Gasteiger partial charge is 0.243 e. The van der Waals surface area contributed by atoms with Crippen molar-refractivity contribution in [1.82, 2.24) is 9.80 Å². The standard InChI is InChI=1S/C26H35ClN2O2S/c1-4-5-6-7-8-9-24(30)29(19(2)3)18-25(31)28-16-14-23-22(15-17-32-23)26(28)20-10-12-21(27)13-11-20/h10-13,15,17,19,26H,4-9,14,16,18H2,1-3H3. The molecule has 4 nitrogen and oxygen atoms in total. The first-order valence-corrected chi connectivity index (χ1v) is 13.1. The zero-order valence-electron chi connectivity index (χ0n) is 19.5. The molecule has 2 heterocycles. The van der Waals surface area contributed by atoms with Gasteiger partial charge in [0.2, 0.25) is 11.8 Å². The largest absolute Gasteiger partial charge is 0.331 e. The molecule has 0 N–H and O–H groups in total. The van der Waals surface area contributed by atoms with Gasteiger partial charge in [0.05, 0.1) is 6.04 Å². The highest BCUT2D eigenvalue weighted by Crippen LogP contribution is 2.38. The van der Waals surface area contributed by atoms with Crippen molar-refractivity contribution in [3.8, 4) is 0 Å². The van der Waals surface area contributed by atoms with Gasteiger partial charge >= 0.3 is 0 Å². The van der Waals surface area contributed by atoms with Crippen LogP contribution in [0.1, 0.15) is 81.3 Å². The van der Waals surface area contributed by atoms with Crippen LogP contribution in [0.4, 0.5) is 0 Å². The summed E-state index contributed by atoms with van der Waals surface area (Å²) in [7, 11) is 0. The molecule has 32 heavy (non-hydrogen) atoms. The third-order valence-corrected chi connectivity index (χ3v) is 7.46. The van der Waals surface area contributed by atoms with E-state index in [0.29, 0.717) is 18.0 Å². The van der Waals surface area contributed by atoms with E-state index in [0.717, 1.165) is 24.8 Å². The summed E-state index contributed by atoms with van der Waals surface area (Å²) in [6.45, 7) is 6.97. The van der Waals surface area contributed by atoms with Crippen molar-refractivity contribution < 1.29 is 9.59 Å². The molecule has 1 aliphatic heterocycles. The third-order valence-electron chi connectivity index (χ3n) is 6.22. The number of nitrogens with zero attached hydrogens (tertiary/aromatic N) is 2. The van der Waals surface area contributed by atoms with E-state index in [9.17, 15) is 9.59 Å². The van der Waals surface area contributed by atoms with E-state index in [1.807, 2.05) is 43.0 Å². The van der Waals surface area contributed by atoms with Gasteiger partial charge in [-0.15, -0.1) is 11.3 Å². The molecule has 0 radical (unpaired) electrons. The Morgan fingerprint density at radius 3 is 2.53 bits per heavy atom. The van der Waals surface area contributed by atoms with Crippen molar-refractivity contribution in [2.45, 2.75) is 77.8 Å². The molecule has 1 aromatic heterocycles. The molecule has 1 atom stereocenters. The molecule has 0 saturated carbocycles. The average Bonchev–Trinajstić information content (AvgIpc) is 3.25. The van der Waals surface area contributed by atoms with Gasteiger partial charge in [-0.1, -0.05) is 56.3 Å². The minimum Gasteiger partial charge on any atom is -0.331 e. The van der Waals surface area contributed by atoms with Crippen molar-refractivity contribution in [1.29, 1.82) is 0 Å². The van der Waals surface area contributed by atoms with E-state index in [1.165, 1.54) is 29.7 Å². The van der Waals surface area contributed by atoms with Crippen molar-refractivity contribution >= 4 is 34.8 Å². The van der Waals surface area contributed by atoms with E-state index < -0.39 is 0 Å². The van der Waals surface area contributed by atoms with Crippen molar-refractivity contribution in [2.75, 3.05) is 13.1 Å². The second kappa shape index (κ2) is 11.9. The number of halogens is 1. The number of hydrogen-bond acceptors (Lipinski definition) is 3. The summed E-state index contributed by atoms with van der Waals surface area (Å²) in [6.07, 6.45) is 6.92. The van der Waals surface area contributed by atoms with Crippen LogP contribution in [0, 0.1) is 0 Å². The van der Waals surface area contributed by atoms with Crippen molar-refractivity contribution in [2.24, 2.45) is 0 Å². The molecule has 2 amide bonds. The van der Waals surface area contributed by atoms with Gasteiger partial charge in [0, 0.05) is 28.9 Å². The molecular formula is C26H35ClN2O2S. The first-order valence-electron chi connectivity index (χ1n) is 11.8. The molecule has 6 heteroatoms. The molecule has 1 aliphatic rings. The molecule has 0 aliphatic carbocycles. The van der Waals surface area contributed by atoms with Crippen LogP contribution < -0.4 is 0 Å². The maximum Gasteiger partial charge on any atom is 0.243 e. The SMILES string of the molecule is CCCCCCCC(=O)N(CC(=O)N1CCc2sccc2C1c1ccc(Cl)cc1)C(C)C. The van der Waals surface area contributed by atoms with Crippen LogP contribution in [0.3, 0.4) is 0 Å². The quantitative estimate of drug-likeness (QED) is 0.370. The lowest BCUT2D eigenvalue weighted by atomic mass is 9.93. The summed E-state index contributed by atoms with van der Waals surface area (Å²) in [5.74, 6) is 0.0935. The van der Waals surface area contributed by atoms with Gasteiger partial charge < -0.3 is 9.80 Å². The highest BCUT2D eigenvalue weighted by atomic mass is 35.5. The summed E-state index contributed by atoms with van der Waals surface area (Å²) in [5.41, 5.74) is 2.25. The van der Waals surface area contributed by atoms with Crippen LogP contribution in [0.25, 0.3) is 0 Å². The molecule has 3 rings (SSSR count). The van der Waals surface area contributed by atoms with Gasteiger partial charge in [0.15, 0.2) is 0 Å². The van der Waals surface area contributed by atoms with Gasteiger partial charge in [-0.3, -0.25) is 9.59 Å². The predicted molar refractivity (Wildman–Crippen MR) is 133 cm³/mol. The van der Waals surface area contributed by atoms with Crippen molar-refractivity contribution in [3.05, 3.63) is 56.7 Å². The zero-order chi connectivity index (χ0) is 23.1. The number of hydrogen-bond donors (Lipinski definition) is 0. The molecular weight excluding hydrogens is 440 g/mol. The maximum absolute atomic E-state index is 13.5. The number of carbonyl (C=O) groups excluding carboxylic acids is 2. The molecule has 0 spiro atoms. The summed E-state index contributed by atoms with van der Waals surface area (Å²) in [4.78, 5) is 31.5. The number of unbranched alkanes of at least 4 members (excludes halogenated alkanes) is 4. The summed E-state index contributed by atoms with van der Waals surface area (Å²) in [5, 5.41) is 2.79. The van der Waals surface area contributed by atoms with Crippen LogP contribution >= 0.6 is 22.9 Å². The third kappa shape index (κ3) is 6.14. The first-order chi connectivity index (χ1) is 15.4. The van der Waals surface area contributed by atoms with Crippen LogP contribution in [-0.2, 0) is 16.0 Å². The molecule has 1 aromatic carbocycles. The van der Waals surface area contributed by atoms with Crippen molar-refractivity contribution in [3.63, 3.8) is 0 Å². The molecule has 0 bridgehead atoms. The van der Waals surface area contributed by atoms with Crippen LogP contribution in [0.5, 0.6) is 0 Å². The second-order valence-corrected chi connectivity index (χ2v) is 10.3. The van der Waals surface area contributed by atoms with Gasteiger partial charge in [0.25, 0.3) is 0 Å². The van der Waals surface area contributed by atoms with Gasteiger partial charge in [-0.25, -0.2) is 0 Å². The topological polar surface area (TPSA) is 40.6 Å². The van der Waals surface area contributed by atoms with Gasteiger partial charge in [-0.05, 0) is 61.4 Å². The maximum atomic E-state index is 13.5. The number of amides is 2. The Bertz CT molecular complexity index is 893. The number of carbonyl (C=O) groups is 2. The van der Waals surface area contributed by atoms with E-state index in [2.05, 4.69) is 18.4 Å². The highest BCUT2D eigenvalue weighted by molar-refractivity contribution is 7.10. The number of fused-ring (bicyclic) bond motifs is 1. The molecule has 2 aromatic rings. The highest BCUT2D eigenvalue weighted by Gasteiger charge is 2.34. The zero-order valence-corrected chi connectivity index (χ0v) is 21.1. The monoisotopic (exact) mass is 474 g/mol. The minimum atomic E-state index is -0.132. The Morgan fingerprint density at radius 1 is 1.12 bits per heavy atom. The molecule has 0 fully saturated rings. The van der Waals surface area contributed by atoms with Gasteiger partial charge in [0.1, 0.15) is 6.54 Å². The molecule has 1 unspecified atom stereocenters. The Labute approximate surface area is 201 Å². The summed E-state index contributed by atoms with van der Waals surface area (Å²) < 4.78 is 0.